The molecule has 2 N–H and O–H groups in total. The molecule has 1 aromatic carbocycles. The molecule has 4 fully saturated rings. The number of amides is 1. The fraction of sp³-hybridized carbons (Fsp3) is 0.632. The van der Waals surface area contributed by atoms with Crippen LogP contribution < -0.4 is 5.32 Å². The monoisotopic (exact) mass is 363 g/mol. The molecular formula is C19H25NO4S. The van der Waals surface area contributed by atoms with Crippen LogP contribution in [0, 0.1) is 23.2 Å². The van der Waals surface area contributed by atoms with E-state index in [1.54, 1.807) is 6.92 Å². The lowest BCUT2D eigenvalue weighted by Gasteiger charge is -2.55. The number of hydrogen-bond acceptors (Lipinski definition) is 4. The van der Waals surface area contributed by atoms with Crippen molar-refractivity contribution in [3.05, 3.63) is 18.2 Å². The number of rotatable bonds is 4. The summed E-state index contributed by atoms with van der Waals surface area (Å²) in [6.45, 7) is 1.58. The fourth-order valence-electron chi connectivity index (χ4n) is 5.62. The first-order valence-corrected chi connectivity index (χ1v) is 10.8. The van der Waals surface area contributed by atoms with Crippen LogP contribution in [-0.4, -0.2) is 25.2 Å². The van der Waals surface area contributed by atoms with Crippen LogP contribution >= 0.6 is 0 Å². The van der Waals surface area contributed by atoms with Gasteiger partial charge in [0.05, 0.1) is 21.8 Å². The lowest BCUT2D eigenvalue weighted by Crippen LogP contribution is -2.51. The molecule has 0 aliphatic heterocycles. The summed E-state index contributed by atoms with van der Waals surface area (Å²) in [5.41, 5.74) is -0.129. The molecule has 0 atom stereocenters. The molecule has 4 bridgehead atoms. The van der Waals surface area contributed by atoms with E-state index in [4.69, 9.17) is 0 Å². The van der Waals surface area contributed by atoms with Crippen LogP contribution in [0.5, 0.6) is 5.75 Å². The van der Waals surface area contributed by atoms with Gasteiger partial charge in [-0.05, 0) is 74.5 Å². The van der Waals surface area contributed by atoms with E-state index in [-0.39, 0.29) is 33.4 Å². The maximum Gasteiger partial charge on any atom is 0.230 e. The zero-order valence-corrected chi connectivity index (χ0v) is 15.3. The minimum Gasteiger partial charge on any atom is -0.506 e. The van der Waals surface area contributed by atoms with Crippen molar-refractivity contribution in [2.75, 3.05) is 11.1 Å². The number of carbonyl (C=O) groups is 1. The molecule has 1 amide bonds. The van der Waals surface area contributed by atoms with Crippen LogP contribution in [-0.2, 0) is 14.6 Å². The Morgan fingerprint density at radius 3 is 2.24 bits per heavy atom. The van der Waals surface area contributed by atoms with Crippen molar-refractivity contribution in [1.82, 2.24) is 0 Å². The van der Waals surface area contributed by atoms with Gasteiger partial charge in [-0.1, -0.05) is 6.92 Å². The summed E-state index contributed by atoms with van der Waals surface area (Å²) in [6.07, 6.45) is 6.54. The summed E-state index contributed by atoms with van der Waals surface area (Å²) in [5.74, 6) is 1.80. The Morgan fingerprint density at radius 2 is 1.72 bits per heavy atom. The quantitative estimate of drug-likeness (QED) is 0.804. The highest BCUT2D eigenvalue weighted by atomic mass is 32.2. The highest BCUT2D eigenvalue weighted by Gasteiger charge is 2.54. The average molecular weight is 363 g/mol. The second kappa shape index (κ2) is 5.73. The number of sulfone groups is 1. The third-order valence-corrected chi connectivity index (χ3v) is 8.21. The van der Waals surface area contributed by atoms with Crippen LogP contribution in [0.1, 0.15) is 45.4 Å². The Morgan fingerprint density at radius 1 is 1.16 bits per heavy atom. The Labute approximate surface area is 148 Å². The Bertz CT molecular complexity index is 779. The molecular weight excluding hydrogens is 338 g/mol. The van der Waals surface area contributed by atoms with Crippen molar-refractivity contribution in [3.63, 3.8) is 0 Å². The summed E-state index contributed by atoms with van der Waals surface area (Å²) in [4.78, 5) is 13.2. The summed E-state index contributed by atoms with van der Waals surface area (Å²) >= 11 is 0. The number of anilines is 1. The van der Waals surface area contributed by atoms with Crippen LogP contribution in [0.25, 0.3) is 0 Å². The topological polar surface area (TPSA) is 83.5 Å². The van der Waals surface area contributed by atoms with E-state index in [0.717, 1.165) is 19.3 Å². The van der Waals surface area contributed by atoms with Gasteiger partial charge in [0, 0.05) is 0 Å². The SMILES string of the molecule is CCS(=O)(=O)c1ccc(O)c(NC(=O)C23CC4CC(CC(C4)C2)C3)c1. The largest absolute Gasteiger partial charge is 0.506 e. The van der Waals surface area contributed by atoms with Gasteiger partial charge in [0.1, 0.15) is 5.75 Å². The van der Waals surface area contributed by atoms with E-state index in [2.05, 4.69) is 5.32 Å². The van der Waals surface area contributed by atoms with Crippen molar-refractivity contribution in [2.24, 2.45) is 23.2 Å². The van der Waals surface area contributed by atoms with Gasteiger partial charge in [0.15, 0.2) is 9.84 Å². The number of benzene rings is 1. The van der Waals surface area contributed by atoms with Crippen LogP contribution in [0.4, 0.5) is 5.69 Å². The van der Waals surface area contributed by atoms with Gasteiger partial charge < -0.3 is 10.4 Å². The Balaban J connectivity index is 1.60. The van der Waals surface area contributed by atoms with Gasteiger partial charge in [-0.3, -0.25) is 4.79 Å². The van der Waals surface area contributed by atoms with Gasteiger partial charge in [0.2, 0.25) is 5.91 Å². The minimum absolute atomic E-state index is 0.0138. The molecule has 4 aliphatic carbocycles. The fourth-order valence-corrected chi connectivity index (χ4v) is 6.53. The second-order valence-corrected chi connectivity index (χ2v) is 10.5. The van der Waals surface area contributed by atoms with E-state index in [1.165, 1.54) is 37.5 Å². The molecule has 136 valence electrons. The molecule has 0 radical (unpaired) electrons. The maximum atomic E-state index is 13.1. The van der Waals surface area contributed by atoms with Gasteiger partial charge in [-0.2, -0.15) is 0 Å². The van der Waals surface area contributed by atoms with E-state index in [0.29, 0.717) is 17.8 Å². The molecule has 0 spiro atoms. The minimum atomic E-state index is -3.38. The van der Waals surface area contributed by atoms with Crippen molar-refractivity contribution in [2.45, 2.75) is 50.3 Å². The summed E-state index contributed by atoms with van der Waals surface area (Å²) in [6, 6.07) is 4.11. The van der Waals surface area contributed by atoms with Crippen LogP contribution in [0.15, 0.2) is 23.1 Å². The number of phenolic OH excluding ortho intramolecular Hbond substituents is 1. The number of phenols is 1. The average Bonchev–Trinajstić information content (AvgIpc) is 2.55. The molecule has 6 heteroatoms. The third-order valence-electron chi connectivity index (χ3n) is 6.48. The molecule has 0 heterocycles. The van der Waals surface area contributed by atoms with Gasteiger partial charge >= 0.3 is 0 Å². The number of hydrogen-bond donors (Lipinski definition) is 2. The zero-order chi connectivity index (χ0) is 17.8. The Kier molecular flexibility index (Phi) is 3.87. The van der Waals surface area contributed by atoms with E-state index >= 15 is 0 Å². The molecule has 5 nitrogen and oxygen atoms in total. The van der Waals surface area contributed by atoms with Gasteiger partial charge in [0.25, 0.3) is 0 Å². The van der Waals surface area contributed by atoms with Crippen LogP contribution in [0.2, 0.25) is 0 Å². The molecule has 0 aromatic heterocycles. The first kappa shape index (κ1) is 16.9. The standard InChI is InChI=1S/C19H25NO4S/c1-2-25(23,24)15-3-4-17(21)16(8-15)20-18(22)19-9-12-5-13(10-19)7-14(6-12)11-19/h3-4,8,12-14,21H,2,5-7,9-11H2,1H3,(H,20,22). The first-order chi connectivity index (χ1) is 11.8. The lowest BCUT2D eigenvalue weighted by molar-refractivity contribution is -0.140. The van der Waals surface area contributed by atoms with Crippen molar-refractivity contribution >= 4 is 21.4 Å². The molecule has 1 aromatic rings. The Hall–Kier alpha value is -1.56. The summed E-state index contributed by atoms with van der Waals surface area (Å²) in [7, 11) is -3.38. The van der Waals surface area contributed by atoms with Crippen LogP contribution in [0.3, 0.4) is 0 Å². The molecule has 4 saturated carbocycles. The van der Waals surface area contributed by atoms with Crippen molar-refractivity contribution in [1.29, 1.82) is 0 Å². The highest BCUT2D eigenvalue weighted by Crippen LogP contribution is 2.60. The van der Waals surface area contributed by atoms with Crippen molar-refractivity contribution < 1.29 is 18.3 Å². The van der Waals surface area contributed by atoms with Gasteiger partial charge in [-0.15, -0.1) is 0 Å². The molecule has 0 saturated heterocycles. The first-order valence-electron chi connectivity index (χ1n) is 9.18. The van der Waals surface area contributed by atoms with E-state index in [1.807, 2.05) is 0 Å². The maximum absolute atomic E-state index is 13.1. The number of carbonyl (C=O) groups excluding carboxylic acids is 1. The third kappa shape index (κ3) is 2.84. The second-order valence-electron chi connectivity index (χ2n) is 8.23. The lowest BCUT2D eigenvalue weighted by atomic mass is 9.49. The van der Waals surface area contributed by atoms with Crippen molar-refractivity contribution in [3.8, 4) is 5.75 Å². The summed E-state index contributed by atoms with van der Waals surface area (Å²) in [5, 5.41) is 12.9. The van der Waals surface area contributed by atoms with Gasteiger partial charge in [-0.25, -0.2) is 8.42 Å². The zero-order valence-electron chi connectivity index (χ0n) is 14.5. The predicted octanol–water partition coefficient (Wildman–Crippen LogP) is 3.34. The van der Waals surface area contributed by atoms with E-state index < -0.39 is 9.84 Å². The number of aromatic hydroxyl groups is 1. The number of nitrogens with one attached hydrogen (secondary N) is 1. The smallest absolute Gasteiger partial charge is 0.230 e. The highest BCUT2D eigenvalue weighted by molar-refractivity contribution is 7.91. The molecule has 25 heavy (non-hydrogen) atoms. The molecule has 5 rings (SSSR count). The van der Waals surface area contributed by atoms with E-state index in [9.17, 15) is 18.3 Å². The predicted molar refractivity (Wildman–Crippen MR) is 95.1 cm³/mol. The molecule has 0 unspecified atom stereocenters. The molecule has 4 aliphatic rings. The summed E-state index contributed by atoms with van der Waals surface area (Å²) < 4.78 is 24.2. The normalized spacial score (nSPS) is 33.4.